The second-order valence-electron chi connectivity index (χ2n) is 5.61. The maximum atomic E-state index is 12.2. The van der Waals surface area contributed by atoms with Crippen LogP contribution in [0.1, 0.15) is 6.42 Å². The van der Waals surface area contributed by atoms with Crippen LogP contribution in [0, 0.1) is 0 Å². The fourth-order valence-electron chi connectivity index (χ4n) is 2.13. The summed E-state index contributed by atoms with van der Waals surface area (Å²) in [5.41, 5.74) is 0. The SMILES string of the molecule is FC1=C(F)C(F)(F)C(F)(F)C(F)(F)C1.c1ccc(Pc2ccccc2)cc1. The van der Waals surface area contributed by atoms with Crippen molar-refractivity contribution in [1.29, 1.82) is 0 Å². The molecule has 0 saturated heterocycles. The molecule has 1 aliphatic carbocycles. The van der Waals surface area contributed by atoms with Crippen molar-refractivity contribution in [3.8, 4) is 0 Å². The van der Waals surface area contributed by atoms with Crippen LogP contribution in [0.4, 0.5) is 35.1 Å². The molecular formula is C18H13F8P. The Kier molecular flexibility index (Phi) is 6.30. The van der Waals surface area contributed by atoms with E-state index in [9.17, 15) is 35.1 Å². The highest BCUT2D eigenvalue weighted by Gasteiger charge is 2.76. The van der Waals surface area contributed by atoms with Crippen molar-refractivity contribution in [3.63, 3.8) is 0 Å². The Morgan fingerprint density at radius 1 is 0.667 bits per heavy atom. The van der Waals surface area contributed by atoms with Gasteiger partial charge in [0, 0.05) is 0 Å². The van der Waals surface area contributed by atoms with Gasteiger partial charge < -0.3 is 0 Å². The molecule has 0 heterocycles. The zero-order chi connectivity index (χ0) is 20.3. The molecule has 0 saturated carbocycles. The Balaban J connectivity index is 0.000000194. The Hall–Kier alpha value is -1.95. The third-order valence-corrected chi connectivity index (χ3v) is 4.83. The van der Waals surface area contributed by atoms with Crippen molar-refractivity contribution in [1.82, 2.24) is 0 Å². The molecule has 2 aromatic carbocycles. The van der Waals surface area contributed by atoms with Gasteiger partial charge in [-0.15, -0.1) is 0 Å². The quantitative estimate of drug-likeness (QED) is 0.435. The summed E-state index contributed by atoms with van der Waals surface area (Å²) in [5, 5.41) is 2.79. The van der Waals surface area contributed by atoms with Gasteiger partial charge in [-0.25, -0.2) is 8.78 Å². The molecule has 3 rings (SSSR count). The third kappa shape index (κ3) is 4.49. The van der Waals surface area contributed by atoms with Crippen LogP contribution in [0.2, 0.25) is 0 Å². The Bertz CT molecular complexity index is 750. The first-order valence-corrected chi connectivity index (χ1v) is 8.54. The minimum absolute atomic E-state index is 0.777. The lowest BCUT2D eigenvalue weighted by Crippen LogP contribution is -2.57. The summed E-state index contributed by atoms with van der Waals surface area (Å²) in [6.07, 6.45) is -2.36. The van der Waals surface area contributed by atoms with Crippen LogP contribution < -0.4 is 10.6 Å². The number of allylic oxidation sites excluding steroid dienone is 2. The zero-order valence-corrected chi connectivity index (χ0v) is 14.5. The van der Waals surface area contributed by atoms with Crippen molar-refractivity contribution >= 4 is 19.2 Å². The minimum Gasteiger partial charge on any atom is -0.208 e. The normalized spacial score (nSPS) is 19.9. The van der Waals surface area contributed by atoms with Crippen LogP contribution >= 0.6 is 8.58 Å². The lowest BCUT2D eigenvalue weighted by Gasteiger charge is -2.35. The highest BCUT2D eigenvalue weighted by Crippen LogP contribution is 2.56. The number of halogens is 8. The molecule has 0 nitrogen and oxygen atoms in total. The lowest BCUT2D eigenvalue weighted by atomic mass is 9.93. The Labute approximate surface area is 151 Å². The van der Waals surface area contributed by atoms with Crippen molar-refractivity contribution in [2.45, 2.75) is 24.2 Å². The second kappa shape index (κ2) is 7.97. The van der Waals surface area contributed by atoms with Gasteiger partial charge in [0.05, 0.1) is 6.42 Å². The van der Waals surface area contributed by atoms with E-state index >= 15 is 0 Å². The predicted octanol–water partition coefficient (Wildman–Crippen LogP) is 5.76. The van der Waals surface area contributed by atoms with E-state index in [1.165, 1.54) is 10.6 Å². The smallest absolute Gasteiger partial charge is 0.208 e. The molecule has 0 aromatic heterocycles. The molecule has 0 aliphatic heterocycles. The number of rotatable bonds is 2. The van der Waals surface area contributed by atoms with Crippen molar-refractivity contribution in [2.24, 2.45) is 0 Å². The number of hydrogen-bond donors (Lipinski definition) is 0. The Morgan fingerprint density at radius 3 is 1.48 bits per heavy atom. The van der Waals surface area contributed by atoms with Crippen LogP contribution in [0.5, 0.6) is 0 Å². The van der Waals surface area contributed by atoms with Gasteiger partial charge in [-0.3, -0.25) is 0 Å². The summed E-state index contributed by atoms with van der Waals surface area (Å²) >= 11 is 0. The molecule has 146 valence electrons. The molecule has 0 atom stereocenters. The molecule has 0 bridgehead atoms. The summed E-state index contributed by atoms with van der Waals surface area (Å²) in [4.78, 5) is 0. The molecule has 2 aromatic rings. The monoisotopic (exact) mass is 412 g/mol. The molecule has 0 spiro atoms. The van der Waals surface area contributed by atoms with E-state index in [4.69, 9.17) is 0 Å². The van der Waals surface area contributed by atoms with E-state index in [-0.39, 0.29) is 0 Å². The second-order valence-corrected chi connectivity index (χ2v) is 7.01. The van der Waals surface area contributed by atoms with Gasteiger partial charge in [0.2, 0.25) is 5.83 Å². The molecule has 27 heavy (non-hydrogen) atoms. The van der Waals surface area contributed by atoms with Crippen LogP contribution in [0.3, 0.4) is 0 Å². The summed E-state index contributed by atoms with van der Waals surface area (Å²) in [6, 6.07) is 21.2. The molecular weight excluding hydrogens is 399 g/mol. The average molecular weight is 412 g/mol. The molecule has 0 unspecified atom stereocenters. The van der Waals surface area contributed by atoms with Gasteiger partial charge in [-0.1, -0.05) is 69.2 Å². The molecule has 9 heteroatoms. The Morgan fingerprint density at radius 2 is 1.07 bits per heavy atom. The van der Waals surface area contributed by atoms with E-state index in [2.05, 4.69) is 60.7 Å². The van der Waals surface area contributed by atoms with E-state index in [0.29, 0.717) is 0 Å². The molecule has 0 N–H and O–H groups in total. The van der Waals surface area contributed by atoms with Crippen LogP contribution in [0.15, 0.2) is 72.3 Å². The maximum absolute atomic E-state index is 12.2. The first-order valence-electron chi connectivity index (χ1n) is 7.54. The first kappa shape index (κ1) is 21.4. The largest absolute Gasteiger partial charge is 0.379 e. The first-order chi connectivity index (χ1) is 12.5. The highest BCUT2D eigenvalue weighted by atomic mass is 31.1. The van der Waals surface area contributed by atoms with Crippen LogP contribution in [-0.2, 0) is 0 Å². The van der Waals surface area contributed by atoms with Crippen molar-refractivity contribution < 1.29 is 35.1 Å². The van der Waals surface area contributed by atoms with E-state index in [1.807, 2.05) is 0 Å². The molecule has 0 amide bonds. The topological polar surface area (TPSA) is 0 Å². The average Bonchev–Trinajstić information content (AvgIpc) is 2.61. The van der Waals surface area contributed by atoms with E-state index in [1.54, 1.807) is 0 Å². The van der Waals surface area contributed by atoms with Crippen molar-refractivity contribution in [2.75, 3.05) is 0 Å². The zero-order valence-electron chi connectivity index (χ0n) is 13.5. The van der Waals surface area contributed by atoms with E-state index < -0.39 is 35.8 Å². The fraction of sp³-hybridized carbons (Fsp3) is 0.222. The summed E-state index contributed by atoms with van der Waals surface area (Å²) in [6.45, 7) is 0. The molecule has 0 radical (unpaired) electrons. The third-order valence-electron chi connectivity index (χ3n) is 3.58. The lowest BCUT2D eigenvalue weighted by molar-refractivity contribution is -0.309. The van der Waals surface area contributed by atoms with Gasteiger partial charge >= 0.3 is 17.8 Å². The number of benzene rings is 2. The van der Waals surface area contributed by atoms with Gasteiger partial charge in [-0.2, -0.15) is 26.3 Å². The summed E-state index contributed by atoms with van der Waals surface area (Å²) < 4.78 is 97.6. The van der Waals surface area contributed by atoms with Crippen LogP contribution in [0.25, 0.3) is 0 Å². The van der Waals surface area contributed by atoms with Crippen LogP contribution in [-0.4, -0.2) is 17.8 Å². The number of hydrogen-bond acceptors (Lipinski definition) is 0. The summed E-state index contributed by atoms with van der Waals surface area (Å²) in [7, 11) is 0.777. The van der Waals surface area contributed by atoms with Gasteiger partial charge in [0.15, 0.2) is 0 Å². The fourth-order valence-corrected chi connectivity index (χ4v) is 3.18. The molecule has 1 aliphatic rings. The maximum Gasteiger partial charge on any atom is 0.379 e. The van der Waals surface area contributed by atoms with Gasteiger partial charge in [0.25, 0.3) is 0 Å². The highest BCUT2D eigenvalue weighted by molar-refractivity contribution is 7.55. The van der Waals surface area contributed by atoms with Gasteiger partial charge in [-0.05, 0) is 10.6 Å². The minimum atomic E-state index is -5.92. The van der Waals surface area contributed by atoms with Gasteiger partial charge in [0.1, 0.15) is 5.83 Å². The number of alkyl halides is 6. The summed E-state index contributed by atoms with van der Waals surface area (Å²) in [5.74, 6) is -22.7. The standard InChI is InChI=1S/C12H11P.C6H2F8/c1-3-7-11(8-4-1)13-12-9-5-2-6-10-12;7-2-1-4(9,10)6(13,14)5(11,12)3(2)8/h1-10,13H;1H2. The van der Waals surface area contributed by atoms with E-state index in [0.717, 1.165) is 8.58 Å². The predicted molar refractivity (Wildman–Crippen MR) is 89.2 cm³/mol. The van der Waals surface area contributed by atoms with Crippen molar-refractivity contribution in [3.05, 3.63) is 72.3 Å². The molecule has 0 fully saturated rings.